The van der Waals surface area contributed by atoms with Crippen LogP contribution in [-0.4, -0.2) is 50.3 Å². The van der Waals surface area contributed by atoms with E-state index in [1.54, 1.807) is 21.7 Å². The topological polar surface area (TPSA) is 84.1 Å². The van der Waals surface area contributed by atoms with E-state index in [4.69, 9.17) is 28.2 Å². The van der Waals surface area contributed by atoms with Crippen LogP contribution < -0.4 is 4.90 Å². The molecule has 3 aromatic heterocycles. The van der Waals surface area contributed by atoms with Gasteiger partial charge < -0.3 is 10.0 Å². The molecule has 0 bridgehead atoms. The third-order valence-corrected chi connectivity index (χ3v) is 5.28. The number of hydrogen-bond donors (Lipinski definition) is 1. The summed E-state index contributed by atoms with van der Waals surface area (Å²) in [4.78, 5) is 23.2. The number of aliphatic hydroxyl groups excluding tert-OH is 1. The molecule has 3 heterocycles. The molecule has 3 aromatic rings. The molecule has 0 radical (unpaired) electrons. The molecule has 160 valence electrons. The van der Waals surface area contributed by atoms with Crippen LogP contribution in [0.25, 0.3) is 11.0 Å². The molecule has 0 saturated heterocycles. The van der Waals surface area contributed by atoms with Crippen molar-refractivity contribution < 1.29 is 9.90 Å². The summed E-state index contributed by atoms with van der Waals surface area (Å²) in [6.07, 6.45) is 0.161. The van der Waals surface area contributed by atoms with Crippen molar-refractivity contribution in [3.05, 3.63) is 45.3 Å². The predicted molar refractivity (Wildman–Crippen MR) is 120 cm³/mol. The maximum absolute atomic E-state index is 12.8. The van der Waals surface area contributed by atoms with Gasteiger partial charge in [0.05, 0.1) is 18.8 Å². The second-order valence-electron chi connectivity index (χ2n) is 7.61. The third-order valence-electron chi connectivity index (χ3n) is 4.89. The number of ketones is 1. The maximum atomic E-state index is 12.8. The second kappa shape index (κ2) is 9.29. The third kappa shape index (κ3) is 4.91. The number of aryl methyl sites for hydroxylation is 2. The number of hydrogen-bond acceptors (Lipinski definition) is 6. The number of carbonyl (C=O) groups excluding carboxylic acids is 1. The molecule has 0 saturated carbocycles. The largest absolute Gasteiger partial charge is 0.395 e. The van der Waals surface area contributed by atoms with Gasteiger partial charge in [0, 0.05) is 25.4 Å². The number of halogens is 2. The Kier molecular flexibility index (Phi) is 6.95. The molecule has 0 aliphatic carbocycles. The fraction of sp³-hybridized carbons (Fsp3) is 0.429. The summed E-state index contributed by atoms with van der Waals surface area (Å²) in [5.74, 6) is 0.850. The standard InChI is InChI=1S/C21H25Cl2N5O2/c1-12(2)16-10-19(25-21-20(16)13(3)26-27(21)4)28(5-6-29)11-15(30)7-14-8-17(22)24-18(23)9-14/h8-10,12,29H,5-7,11H2,1-4H3. The lowest BCUT2D eigenvalue weighted by Gasteiger charge is -2.23. The van der Waals surface area contributed by atoms with E-state index >= 15 is 0 Å². The van der Waals surface area contributed by atoms with Crippen molar-refractivity contribution in [2.75, 3.05) is 24.6 Å². The number of pyridine rings is 2. The summed E-state index contributed by atoms with van der Waals surface area (Å²) < 4.78 is 1.75. The number of anilines is 1. The van der Waals surface area contributed by atoms with E-state index in [0.717, 1.165) is 22.3 Å². The van der Waals surface area contributed by atoms with E-state index in [2.05, 4.69) is 23.9 Å². The molecule has 9 heteroatoms. The van der Waals surface area contributed by atoms with Crippen molar-refractivity contribution in [2.45, 2.75) is 33.1 Å². The highest BCUT2D eigenvalue weighted by atomic mass is 35.5. The van der Waals surface area contributed by atoms with Crippen LogP contribution in [0.15, 0.2) is 18.2 Å². The molecule has 30 heavy (non-hydrogen) atoms. The Morgan fingerprint density at radius 3 is 2.47 bits per heavy atom. The molecule has 0 aliphatic heterocycles. The predicted octanol–water partition coefficient (Wildman–Crippen LogP) is 3.71. The van der Waals surface area contributed by atoms with Gasteiger partial charge in [-0.15, -0.1) is 0 Å². The fourth-order valence-electron chi connectivity index (χ4n) is 3.59. The Morgan fingerprint density at radius 1 is 1.20 bits per heavy atom. The van der Waals surface area contributed by atoms with Gasteiger partial charge >= 0.3 is 0 Å². The summed E-state index contributed by atoms with van der Waals surface area (Å²) in [6, 6.07) is 5.24. The molecular formula is C21H25Cl2N5O2. The first-order valence-electron chi connectivity index (χ1n) is 9.73. The molecule has 0 amide bonds. The molecule has 0 aliphatic rings. The van der Waals surface area contributed by atoms with Crippen LogP contribution in [0, 0.1) is 6.92 Å². The minimum atomic E-state index is -0.0959. The van der Waals surface area contributed by atoms with Crippen molar-refractivity contribution in [1.82, 2.24) is 19.7 Å². The van der Waals surface area contributed by atoms with Crippen LogP contribution in [0.3, 0.4) is 0 Å². The van der Waals surface area contributed by atoms with Crippen molar-refractivity contribution in [2.24, 2.45) is 7.05 Å². The van der Waals surface area contributed by atoms with Crippen molar-refractivity contribution in [1.29, 1.82) is 0 Å². The van der Waals surface area contributed by atoms with Crippen LogP contribution in [0.5, 0.6) is 0 Å². The number of aromatic nitrogens is 4. The Morgan fingerprint density at radius 2 is 1.87 bits per heavy atom. The molecule has 0 atom stereocenters. The summed E-state index contributed by atoms with van der Waals surface area (Å²) in [5.41, 5.74) is 3.49. The smallest absolute Gasteiger partial charge is 0.160 e. The SMILES string of the molecule is Cc1nn(C)c2nc(N(CCO)CC(=O)Cc3cc(Cl)nc(Cl)c3)cc(C(C)C)c12. The Labute approximate surface area is 185 Å². The zero-order valence-corrected chi connectivity index (χ0v) is 19.0. The average molecular weight is 450 g/mol. The molecule has 0 spiro atoms. The second-order valence-corrected chi connectivity index (χ2v) is 8.39. The van der Waals surface area contributed by atoms with Crippen molar-refractivity contribution >= 4 is 45.8 Å². The first kappa shape index (κ1) is 22.5. The molecule has 3 rings (SSSR count). The average Bonchev–Trinajstić information content (AvgIpc) is 2.93. The monoisotopic (exact) mass is 449 g/mol. The number of carbonyl (C=O) groups is 1. The van der Waals surface area contributed by atoms with Gasteiger partial charge in [-0.1, -0.05) is 37.0 Å². The van der Waals surface area contributed by atoms with E-state index in [0.29, 0.717) is 11.4 Å². The minimum absolute atomic E-state index is 0.0454. The van der Waals surface area contributed by atoms with E-state index in [1.807, 2.05) is 20.0 Å². The summed E-state index contributed by atoms with van der Waals surface area (Å²) >= 11 is 11.9. The summed E-state index contributed by atoms with van der Waals surface area (Å²) in [7, 11) is 1.86. The highest BCUT2D eigenvalue weighted by Gasteiger charge is 2.20. The van der Waals surface area contributed by atoms with Gasteiger partial charge in [0.15, 0.2) is 11.4 Å². The maximum Gasteiger partial charge on any atom is 0.160 e. The Balaban J connectivity index is 1.93. The van der Waals surface area contributed by atoms with Crippen LogP contribution in [0.1, 0.15) is 36.6 Å². The minimum Gasteiger partial charge on any atom is -0.395 e. The first-order chi connectivity index (χ1) is 14.2. The van der Waals surface area contributed by atoms with Crippen LogP contribution >= 0.6 is 23.2 Å². The highest BCUT2D eigenvalue weighted by Crippen LogP contribution is 2.30. The number of Topliss-reactive ketones (excluding diaryl/α,β-unsaturated/α-hetero) is 1. The van der Waals surface area contributed by atoms with Crippen LogP contribution in [-0.2, 0) is 18.3 Å². The molecule has 0 aromatic carbocycles. The molecule has 1 N–H and O–H groups in total. The summed E-state index contributed by atoms with van der Waals surface area (Å²) in [6.45, 7) is 6.49. The van der Waals surface area contributed by atoms with Crippen LogP contribution in [0.2, 0.25) is 10.3 Å². The van der Waals surface area contributed by atoms with Crippen molar-refractivity contribution in [3.8, 4) is 0 Å². The zero-order valence-electron chi connectivity index (χ0n) is 17.5. The van der Waals surface area contributed by atoms with Gasteiger partial charge in [0.2, 0.25) is 0 Å². The first-order valence-corrected chi connectivity index (χ1v) is 10.5. The summed E-state index contributed by atoms with van der Waals surface area (Å²) in [5, 5.41) is 15.6. The fourth-order valence-corrected chi connectivity index (χ4v) is 4.10. The van der Waals surface area contributed by atoms with Gasteiger partial charge in [-0.05, 0) is 42.2 Å². The van der Waals surface area contributed by atoms with Gasteiger partial charge in [-0.3, -0.25) is 9.48 Å². The Hall–Kier alpha value is -2.22. The van der Waals surface area contributed by atoms with Crippen molar-refractivity contribution in [3.63, 3.8) is 0 Å². The van der Waals surface area contributed by atoms with E-state index in [9.17, 15) is 9.90 Å². The Bertz CT molecular complexity index is 1060. The molecule has 0 unspecified atom stereocenters. The van der Waals surface area contributed by atoms with Gasteiger partial charge in [0.1, 0.15) is 16.1 Å². The van der Waals surface area contributed by atoms with E-state index in [1.165, 1.54) is 0 Å². The number of rotatable bonds is 8. The lowest BCUT2D eigenvalue weighted by atomic mass is 9.99. The van der Waals surface area contributed by atoms with Gasteiger partial charge in [-0.2, -0.15) is 5.10 Å². The van der Waals surface area contributed by atoms with E-state index < -0.39 is 0 Å². The van der Waals surface area contributed by atoms with Gasteiger partial charge in [0.25, 0.3) is 0 Å². The zero-order chi connectivity index (χ0) is 22.0. The number of nitrogens with zero attached hydrogens (tertiary/aromatic N) is 5. The number of aliphatic hydroxyl groups is 1. The molecule has 0 fully saturated rings. The lowest BCUT2D eigenvalue weighted by Crippen LogP contribution is -2.34. The lowest BCUT2D eigenvalue weighted by molar-refractivity contribution is -0.117. The van der Waals surface area contributed by atoms with E-state index in [-0.39, 0.29) is 48.1 Å². The molecule has 7 nitrogen and oxygen atoms in total. The van der Waals surface area contributed by atoms with Gasteiger partial charge in [-0.25, -0.2) is 9.97 Å². The quantitative estimate of drug-likeness (QED) is 0.527. The normalized spacial score (nSPS) is 11.5. The number of fused-ring (bicyclic) bond motifs is 1. The molecular weight excluding hydrogens is 425 g/mol. The van der Waals surface area contributed by atoms with Crippen LogP contribution in [0.4, 0.5) is 5.82 Å². The highest BCUT2D eigenvalue weighted by molar-refractivity contribution is 6.32.